The highest BCUT2D eigenvalue weighted by Crippen LogP contribution is 2.29. The van der Waals surface area contributed by atoms with E-state index < -0.39 is 0 Å². The summed E-state index contributed by atoms with van der Waals surface area (Å²) in [7, 11) is 1.92. The van der Waals surface area contributed by atoms with E-state index in [-0.39, 0.29) is 23.5 Å². The third-order valence-corrected chi connectivity index (χ3v) is 3.62. The van der Waals surface area contributed by atoms with Crippen LogP contribution >= 0.6 is 0 Å². The highest BCUT2D eigenvalue weighted by Gasteiger charge is 2.26. The topological polar surface area (TPSA) is 98.7 Å². The Bertz CT molecular complexity index is 650. The molecule has 1 atom stereocenters. The monoisotopic (exact) mass is 272 g/mol. The van der Waals surface area contributed by atoms with Gasteiger partial charge in [0.05, 0.1) is 12.2 Å². The van der Waals surface area contributed by atoms with Gasteiger partial charge in [-0.15, -0.1) is 0 Å². The van der Waals surface area contributed by atoms with Gasteiger partial charge in [0.1, 0.15) is 0 Å². The van der Waals surface area contributed by atoms with Gasteiger partial charge in [0.2, 0.25) is 0 Å². The van der Waals surface area contributed by atoms with Crippen LogP contribution in [0.4, 0.5) is 5.82 Å². The molecule has 3 rings (SSSR count). The van der Waals surface area contributed by atoms with Crippen LogP contribution < -0.4 is 11.1 Å². The van der Waals surface area contributed by atoms with Crippen LogP contribution in [-0.2, 0) is 13.5 Å². The Morgan fingerprint density at radius 3 is 3.05 bits per heavy atom. The van der Waals surface area contributed by atoms with Crippen molar-refractivity contribution < 1.29 is 4.79 Å². The summed E-state index contributed by atoms with van der Waals surface area (Å²) >= 11 is 0. The van der Waals surface area contributed by atoms with E-state index in [1.165, 1.54) is 18.1 Å². The molecule has 2 aromatic rings. The van der Waals surface area contributed by atoms with E-state index in [1.807, 2.05) is 17.9 Å². The SMILES string of the molecule is Cn1ncc2c1CCC[C@@H]2NC(=O)c1nccnc1N. The molecule has 1 amide bonds. The molecular formula is C13H16N6O. The Hall–Kier alpha value is -2.44. The van der Waals surface area contributed by atoms with Crippen LogP contribution in [0, 0.1) is 0 Å². The molecule has 7 heteroatoms. The normalized spacial score (nSPS) is 17.6. The first-order valence-corrected chi connectivity index (χ1v) is 6.55. The van der Waals surface area contributed by atoms with Gasteiger partial charge in [0.15, 0.2) is 11.5 Å². The fraction of sp³-hybridized carbons (Fsp3) is 0.385. The second kappa shape index (κ2) is 4.92. The average Bonchev–Trinajstić information content (AvgIpc) is 2.82. The summed E-state index contributed by atoms with van der Waals surface area (Å²) in [4.78, 5) is 20.1. The van der Waals surface area contributed by atoms with Gasteiger partial charge in [-0.2, -0.15) is 5.10 Å². The van der Waals surface area contributed by atoms with Crippen molar-refractivity contribution in [3.8, 4) is 0 Å². The van der Waals surface area contributed by atoms with Crippen molar-refractivity contribution in [3.05, 3.63) is 35.5 Å². The van der Waals surface area contributed by atoms with Crippen molar-refractivity contribution in [1.82, 2.24) is 25.1 Å². The fourth-order valence-corrected chi connectivity index (χ4v) is 2.61. The predicted molar refractivity (Wildman–Crippen MR) is 72.8 cm³/mol. The van der Waals surface area contributed by atoms with Crippen LogP contribution in [0.25, 0.3) is 0 Å². The van der Waals surface area contributed by atoms with Gasteiger partial charge in [0.25, 0.3) is 5.91 Å². The highest BCUT2D eigenvalue weighted by molar-refractivity contribution is 5.96. The van der Waals surface area contributed by atoms with Gasteiger partial charge in [-0.1, -0.05) is 0 Å². The second-order valence-corrected chi connectivity index (χ2v) is 4.88. The molecule has 3 N–H and O–H groups in total. The van der Waals surface area contributed by atoms with Crippen LogP contribution in [0.5, 0.6) is 0 Å². The number of nitrogens with one attached hydrogen (secondary N) is 1. The summed E-state index contributed by atoms with van der Waals surface area (Å²) in [5.74, 6) is -0.149. The summed E-state index contributed by atoms with van der Waals surface area (Å²) in [5.41, 5.74) is 8.10. The number of aromatic nitrogens is 4. The molecule has 0 saturated carbocycles. The number of anilines is 1. The number of nitrogen functional groups attached to an aromatic ring is 1. The van der Waals surface area contributed by atoms with Crippen molar-refractivity contribution in [2.75, 3.05) is 5.73 Å². The Morgan fingerprint density at radius 1 is 1.45 bits per heavy atom. The van der Waals surface area contributed by atoms with Gasteiger partial charge in [0, 0.05) is 30.7 Å². The molecule has 0 saturated heterocycles. The third kappa shape index (κ3) is 2.11. The van der Waals surface area contributed by atoms with E-state index in [0.29, 0.717) is 0 Å². The molecule has 0 aliphatic heterocycles. The molecule has 0 fully saturated rings. The number of nitrogens with two attached hydrogens (primary N) is 1. The fourth-order valence-electron chi connectivity index (χ4n) is 2.61. The summed E-state index contributed by atoms with van der Waals surface area (Å²) in [6.07, 6.45) is 7.65. The lowest BCUT2D eigenvalue weighted by Crippen LogP contribution is -2.32. The van der Waals surface area contributed by atoms with E-state index in [2.05, 4.69) is 20.4 Å². The van der Waals surface area contributed by atoms with Crippen LogP contribution in [0.15, 0.2) is 18.6 Å². The molecule has 0 unspecified atom stereocenters. The zero-order chi connectivity index (χ0) is 14.1. The lowest BCUT2D eigenvalue weighted by molar-refractivity contribution is 0.0928. The number of hydrogen-bond acceptors (Lipinski definition) is 5. The average molecular weight is 272 g/mol. The predicted octanol–water partition coefficient (Wildman–Crippen LogP) is 0.600. The number of rotatable bonds is 2. The summed E-state index contributed by atoms with van der Waals surface area (Å²) in [6.45, 7) is 0. The Labute approximate surface area is 116 Å². The van der Waals surface area contributed by atoms with E-state index in [9.17, 15) is 4.79 Å². The van der Waals surface area contributed by atoms with Gasteiger partial charge in [-0.05, 0) is 19.3 Å². The molecule has 104 valence electrons. The van der Waals surface area contributed by atoms with E-state index in [4.69, 9.17) is 5.73 Å². The van der Waals surface area contributed by atoms with Gasteiger partial charge < -0.3 is 11.1 Å². The Balaban J connectivity index is 1.83. The summed E-state index contributed by atoms with van der Waals surface area (Å²) < 4.78 is 1.87. The molecule has 1 aliphatic carbocycles. The maximum absolute atomic E-state index is 12.2. The van der Waals surface area contributed by atoms with Crippen LogP contribution in [-0.4, -0.2) is 25.7 Å². The number of aryl methyl sites for hydroxylation is 1. The maximum atomic E-state index is 12.2. The maximum Gasteiger partial charge on any atom is 0.274 e. The smallest absolute Gasteiger partial charge is 0.274 e. The minimum absolute atomic E-state index is 0.0404. The first-order chi connectivity index (χ1) is 9.66. The molecule has 0 radical (unpaired) electrons. The summed E-state index contributed by atoms with van der Waals surface area (Å²) in [6, 6.07) is -0.0404. The van der Waals surface area contributed by atoms with Crippen LogP contribution in [0.1, 0.15) is 40.6 Å². The Morgan fingerprint density at radius 2 is 2.25 bits per heavy atom. The largest absolute Gasteiger partial charge is 0.382 e. The van der Waals surface area contributed by atoms with Crippen LogP contribution in [0.2, 0.25) is 0 Å². The van der Waals surface area contributed by atoms with Crippen molar-refractivity contribution >= 4 is 11.7 Å². The number of fused-ring (bicyclic) bond motifs is 1. The van der Waals surface area contributed by atoms with Gasteiger partial charge in [-0.25, -0.2) is 9.97 Å². The molecular weight excluding hydrogens is 256 g/mol. The van der Waals surface area contributed by atoms with E-state index >= 15 is 0 Å². The highest BCUT2D eigenvalue weighted by atomic mass is 16.2. The lowest BCUT2D eigenvalue weighted by atomic mass is 9.93. The van der Waals surface area contributed by atoms with Crippen molar-refractivity contribution in [1.29, 1.82) is 0 Å². The molecule has 20 heavy (non-hydrogen) atoms. The zero-order valence-electron chi connectivity index (χ0n) is 11.2. The minimum atomic E-state index is -0.294. The lowest BCUT2D eigenvalue weighted by Gasteiger charge is -2.23. The molecule has 2 heterocycles. The number of amides is 1. The second-order valence-electron chi connectivity index (χ2n) is 4.88. The van der Waals surface area contributed by atoms with Crippen LogP contribution in [0.3, 0.4) is 0 Å². The first-order valence-electron chi connectivity index (χ1n) is 6.55. The number of nitrogens with zero attached hydrogens (tertiary/aromatic N) is 4. The molecule has 2 aromatic heterocycles. The molecule has 7 nitrogen and oxygen atoms in total. The first kappa shape index (κ1) is 12.6. The van der Waals surface area contributed by atoms with Crippen molar-refractivity contribution in [2.45, 2.75) is 25.3 Å². The number of hydrogen-bond donors (Lipinski definition) is 2. The molecule has 0 bridgehead atoms. The van der Waals surface area contributed by atoms with Crippen molar-refractivity contribution in [2.24, 2.45) is 7.05 Å². The van der Waals surface area contributed by atoms with E-state index in [1.54, 1.807) is 0 Å². The summed E-state index contributed by atoms with van der Waals surface area (Å²) in [5, 5.41) is 7.23. The zero-order valence-corrected chi connectivity index (χ0v) is 11.2. The number of carbonyl (C=O) groups is 1. The molecule has 0 spiro atoms. The quantitative estimate of drug-likeness (QED) is 0.834. The van der Waals surface area contributed by atoms with Crippen molar-refractivity contribution in [3.63, 3.8) is 0 Å². The third-order valence-electron chi connectivity index (χ3n) is 3.62. The van der Waals surface area contributed by atoms with Gasteiger partial charge >= 0.3 is 0 Å². The molecule has 0 aromatic carbocycles. The number of carbonyl (C=O) groups excluding carboxylic acids is 1. The standard InChI is InChI=1S/C13H16N6O/c1-19-10-4-2-3-9(8(10)7-17-19)18-13(20)11-12(14)16-6-5-15-11/h5-7,9H,2-4H2,1H3,(H2,14,16)(H,18,20)/t9-/m0/s1. The Kier molecular flexibility index (Phi) is 3.09. The van der Waals surface area contributed by atoms with Gasteiger partial charge in [-0.3, -0.25) is 9.48 Å². The molecule has 1 aliphatic rings. The minimum Gasteiger partial charge on any atom is -0.382 e. The van der Waals surface area contributed by atoms with E-state index in [0.717, 1.165) is 24.8 Å².